The third kappa shape index (κ3) is 2.94. The summed E-state index contributed by atoms with van der Waals surface area (Å²) in [5, 5.41) is 0. The minimum atomic E-state index is 0.606. The van der Waals surface area contributed by atoms with Crippen LogP contribution in [-0.4, -0.2) is 37.7 Å². The van der Waals surface area contributed by atoms with Gasteiger partial charge in [-0.3, -0.25) is 0 Å². The Morgan fingerprint density at radius 2 is 1.87 bits per heavy atom. The third-order valence-electron chi connectivity index (χ3n) is 3.99. The second-order valence-corrected chi connectivity index (χ2v) is 5.87. The van der Waals surface area contributed by atoms with Crippen LogP contribution < -0.4 is 0 Å². The molecule has 2 aliphatic rings. The molecule has 0 unspecified atom stereocenters. The zero-order chi connectivity index (χ0) is 10.7. The molecule has 1 spiro atoms. The summed E-state index contributed by atoms with van der Waals surface area (Å²) in [6.07, 6.45) is 5.50. The highest BCUT2D eigenvalue weighted by Gasteiger charge is 2.40. The van der Waals surface area contributed by atoms with Crippen molar-refractivity contribution in [2.45, 2.75) is 39.5 Å². The molecule has 2 saturated heterocycles. The lowest BCUT2D eigenvalue weighted by molar-refractivity contribution is -0.139. The molecule has 0 bridgehead atoms. The number of likely N-dealkylation sites (tertiary alicyclic amines) is 1. The van der Waals surface area contributed by atoms with Gasteiger partial charge in [-0.2, -0.15) is 0 Å². The first kappa shape index (κ1) is 11.4. The van der Waals surface area contributed by atoms with Crippen LogP contribution in [0.2, 0.25) is 0 Å². The molecule has 0 atom stereocenters. The molecule has 0 N–H and O–H groups in total. The van der Waals surface area contributed by atoms with Crippen molar-refractivity contribution < 1.29 is 4.74 Å². The molecule has 0 aromatic heterocycles. The first-order valence-electron chi connectivity index (χ1n) is 6.50. The molecule has 2 rings (SSSR count). The van der Waals surface area contributed by atoms with Crippen molar-refractivity contribution in [3.05, 3.63) is 0 Å². The van der Waals surface area contributed by atoms with Gasteiger partial charge in [0.25, 0.3) is 0 Å². The number of nitrogens with zero attached hydrogens (tertiary/aromatic N) is 1. The van der Waals surface area contributed by atoms with Gasteiger partial charge in [-0.1, -0.05) is 13.8 Å². The Labute approximate surface area is 94.0 Å². The monoisotopic (exact) mass is 211 g/mol. The van der Waals surface area contributed by atoms with Crippen LogP contribution in [0, 0.1) is 11.3 Å². The molecule has 0 radical (unpaired) electrons. The average Bonchev–Trinajstić information content (AvgIpc) is 2.16. The van der Waals surface area contributed by atoms with Crippen LogP contribution >= 0.6 is 0 Å². The smallest absolute Gasteiger partial charge is 0.0545 e. The molecule has 2 heterocycles. The Morgan fingerprint density at radius 3 is 2.33 bits per heavy atom. The van der Waals surface area contributed by atoms with E-state index in [9.17, 15) is 0 Å². The van der Waals surface area contributed by atoms with Gasteiger partial charge in [-0.15, -0.1) is 0 Å². The summed E-state index contributed by atoms with van der Waals surface area (Å²) in [7, 11) is 0. The first-order chi connectivity index (χ1) is 7.20. The van der Waals surface area contributed by atoms with Gasteiger partial charge in [0.2, 0.25) is 0 Å². The summed E-state index contributed by atoms with van der Waals surface area (Å²) in [5.41, 5.74) is 0.606. The highest BCUT2D eigenvalue weighted by Crippen LogP contribution is 2.38. The summed E-state index contributed by atoms with van der Waals surface area (Å²) in [4.78, 5) is 2.64. The minimum Gasteiger partial charge on any atom is -0.380 e. The van der Waals surface area contributed by atoms with Gasteiger partial charge in [0.05, 0.1) is 13.2 Å². The van der Waals surface area contributed by atoms with E-state index < -0.39 is 0 Å². The SMILES string of the molecule is CC(C)CCCN1CCC2(CC1)COC2. The zero-order valence-electron chi connectivity index (χ0n) is 10.3. The summed E-state index contributed by atoms with van der Waals surface area (Å²) < 4.78 is 5.34. The second-order valence-electron chi connectivity index (χ2n) is 5.87. The van der Waals surface area contributed by atoms with E-state index in [0.717, 1.165) is 19.1 Å². The zero-order valence-corrected chi connectivity index (χ0v) is 10.3. The van der Waals surface area contributed by atoms with E-state index in [4.69, 9.17) is 4.74 Å². The number of piperidine rings is 1. The summed E-state index contributed by atoms with van der Waals surface area (Å²) in [6, 6.07) is 0. The van der Waals surface area contributed by atoms with Gasteiger partial charge in [-0.25, -0.2) is 0 Å². The number of ether oxygens (including phenoxy) is 1. The van der Waals surface area contributed by atoms with Crippen LogP contribution in [0.5, 0.6) is 0 Å². The van der Waals surface area contributed by atoms with Gasteiger partial charge in [0.1, 0.15) is 0 Å². The van der Waals surface area contributed by atoms with E-state index in [-0.39, 0.29) is 0 Å². The normalized spacial score (nSPS) is 25.8. The Balaban J connectivity index is 1.61. The Hall–Kier alpha value is -0.0800. The third-order valence-corrected chi connectivity index (χ3v) is 3.99. The van der Waals surface area contributed by atoms with E-state index in [1.165, 1.54) is 45.3 Å². The van der Waals surface area contributed by atoms with Crippen LogP contribution in [-0.2, 0) is 4.74 Å². The van der Waals surface area contributed by atoms with E-state index >= 15 is 0 Å². The maximum Gasteiger partial charge on any atom is 0.0545 e. The van der Waals surface area contributed by atoms with E-state index in [2.05, 4.69) is 18.7 Å². The standard InChI is InChI=1S/C13H25NO/c1-12(2)4-3-7-14-8-5-13(6-9-14)10-15-11-13/h12H,3-11H2,1-2H3. The molecule has 0 aliphatic carbocycles. The van der Waals surface area contributed by atoms with Gasteiger partial charge in [0.15, 0.2) is 0 Å². The predicted octanol–water partition coefficient (Wildman–Crippen LogP) is 2.54. The van der Waals surface area contributed by atoms with Crippen LogP contribution in [0.15, 0.2) is 0 Å². The van der Waals surface area contributed by atoms with Gasteiger partial charge >= 0.3 is 0 Å². The Bertz CT molecular complexity index is 189. The molecule has 88 valence electrons. The van der Waals surface area contributed by atoms with Crippen molar-refractivity contribution in [2.75, 3.05) is 32.8 Å². The molecule has 2 fully saturated rings. The fraction of sp³-hybridized carbons (Fsp3) is 1.00. The molecule has 0 aromatic carbocycles. The van der Waals surface area contributed by atoms with Crippen LogP contribution in [0.1, 0.15) is 39.5 Å². The summed E-state index contributed by atoms with van der Waals surface area (Å²) in [6.45, 7) is 10.6. The summed E-state index contributed by atoms with van der Waals surface area (Å²) in [5.74, 6) is 0.862. The van der Waals surface area contributed by atoms with E-state index in [1.54, 1.807) is 0 Å². The lowest BCUT2D eigenvalue weighted by Gasteiger charge is -2.47. The summed E-state index contributed by atoms with van der Waals surface area (Å²) >= 11 is 0. The second kappa shape index (κ2) is 4.84. The molecule has 0 saturated carbocycles. The van der Waals surface area contributed by atoms with Crippen molar-refractivity contribution in [1.29, 1.82) is 0 Å². The van der Waals surface area contributed by atoms with Crippen molar-refractivity contribution in [3.8, 4) is 0 Å². The highest BCUT2D eigenvalue weighted by atomic mass is 16.5. The lowest BCUT2D eigenvalue weighted by Crippen LogP contribution is -2.50. The van der Waals surface area contributed by atoms with E-state index in [1.807, 2.05) is 0 Å². The van der Waals surface area contributed by atoms with Gasteiger partial charge < -0.3 is 9.64 Å². The number of hydrogen-bond acceptors (Lipinski definition) is 2. The van der Waals surface area contributed by atoms with Crippen molar-refractivity contribution >= 4 is 0 Å². The van der Waals surface area contributed by atoms with Crippen molar-refractivity contribution in [1.82, 2.24) is 4.90 Å². The molecule has 0 aromatic rings. The molecular weight excluding hydrogens is 186 g/mol. The van der Waals surface area contributed by atoms with Crippen LogP contribution in [0.4, 0.5) is 0 Å². The van der Waals surface area contributed by atoms with Gasteiger partial charge in [0, 0.05) is 5.41 Å². The topological polar surface area (TPSA) is 12.5 Å². The maximum absolute atomic E-state index is 5.34. The number of rotatable bonds is 4. The Morgan fingerprint density at radius 1 is 1.20 bits per heavy atom. The first-order valence-corrected chi connectivity index (χ1v) is 6.50. The average molecular weight is 211 g/mol. The largest absolute Gasteiger partial charge is 0.380 e. The Kier molecular flexibility index (Phi) is 3.68. The van der Waals surface area contributed by atoms with Crippen molar-refractivity contribution in [2.24, 2.45) is 11.3 Å². The van der Waals surface area contributed by atoms with E-state index in [0.29, 0.717) is 5.41 Å². The molecule has 2 aliphatic heterocycles. The molecule has 0 amide bonds. The molecule has 2 nitrogen and oxygen atoms in total. The van der Waals surface area contributed by atoms with Crippen molar-refractivity contribution in [3.63, 3.8) is 0 Å². The van der Waals surface area contributed by atoms with Gasteiger partial charge in [-0.05, 0) is 51.2 Å². The molecular formula is C13H25NO. The highest BCUT2D eigenvalue weighted by molar-refractivity contribution is 4.90. The lowest BCUT2D eigenvalue weighted by atomic mass is 9.77. The number of hydrogen-bond donors (Lipinski definition) is 0. The molecule has 15 heavy (non-hydrogen) atoms. The quantitative estimate of drug-likeness (QED) is 0.708. The maximum atomic E-state index is 5.34. The minimum absolute atomic E-state index is 0.606. The van der Waals surface area contributed by atoms with Crippen LogP contribution in [0.3, 0.4) is 0 Å². The fourth-order valence-corrected chi connectivity index (χ4v) is 2.65. The molecule has 2 heteroatoms. The predicted molar refractivity (Wildman–Crippen MR) is 63.0 cm³/mol. The fourth-order valence-electron chi connectivity index (χ4n) is 2.65. The van der Waals surface area contributed by atoms with Crippen LogP contribution in [0.25, 0.3) is 0 Å².